The van der Waals surface area contributed by atoms with Crippen molar-refractivity contribution >= 4 is 16.6 Å². The summed E-state index contributed by atoms with van der Waals surface area (Å²) in [7, 11) is -0.807. The Balaban J connectivity index is 1.82. The SMILES string of the molecule is N#Cc1ncc(C(=O)C2CC3CCC(C2)S3=O)cc1F. The van der Waals surface area contributed by atoms with Gasteiger partial charge in [-0.15, -0.1) is 0 Å². The van der Waals surface area contributed by atoms with Crippen LogP contribution in [0.2, 0.25) is 0 Å². The third-order valence-corrected chi connectivity index (χ3v) is 6.34. The van der Waals surface area contributed by atoms with Gasteiger partial charge in [0.05, 0.1) is 0 Å². The summed E-state index contributed by atoms with van der Waals surface area (Å²) in [4.78, 5) is 16.1. The maximum absolute atomic E-state index is 13.5. The number of fused-ring (bicyclic) bond motifs is 2. The van der Waals surface area contributed by atoms with E-state index in [0.29, 0.717) is 12.8 Å². The molecule has 0 N–H and O–H groups in total. The summed E-state index contributed by atoms with van der Waals surface area (Å²) in [6.45, 7) is 0. The van der Waals surface area contributed by atoms with Gasteiger partial charge in [-0.1, -0.05) is 0 Å². The maximum atomic E-state index is 13.5. The zero-order valence-electron chi connectivity index (χ0n) is 10.7. The molecule has 20 heavy (non-hydrogen) atoms. The molecule has 2 aliphatic rings. The van der Waals surface area contributed by atoms with Crippen molar-refractivity contribution in [3.05, 3.63) is 29.3 Å². The van der Waals surface area contributed by atoms with Crippen LogP contribution in [-0.2, 0) is 10.8 Å². The number of carbonyl (C=O) groups is 1. The third kappa shape index (κ3) is 2.16. The van der Waals surface area contributed by atoms with Gasteiger partial charge in [-0.25, -0.2) is 9.37 Å². The zero-order chi connectivity index (χ0) is 14.3. The van der Waals surface area contributed by atoms with Crippen LogP contribution >= 0.6 is 0 Å². The summed E-state index contributed by atoms with van der Waals surface area (Å²) >= 11 is 0. The first-order valence-electron chi connectivity index (χ1n) is 6.59. The lowest BCUT2D eigenvalue weighted by Gasteiger charge is -2.26. The van der Waals surface area contributed by atoms with Crippen molar-refractivity contribution in [2.45, 2.75) is 36.2 Å². The van der Waals surface area contributed by atoms with Crippen molar-refractivity contribution in [3.8, 4) is 6.07 Å². The number of Topliss-reactive ketones (excluding diaryl/α,β-unsaturated/α-hetero) is 1. The average molecular weight is 292 g/mol. The van der Waals surface area contributed by atoms with Gasteiger partial charge in [-0.2, -0.15) is 5.26 Å². The van der Waals surface area contributed by atoms with E-state index >= 15 is 0 Å². The minimum absolute atomic E-state index is 0.110. The van der Waals surface area contributed by atoms with Gasteiger partial charge < -0.3 is 0 Å². The van der Waals surface area contributed by atoms with E-state index in [1.54, 1.807) is 6.07 Å². The second-order valence-corrected chi connectivity index (χ2v) is 7.34. The summed E-state index contributed by atoms with van der Waals surface area (Å²) in [6, 6.07) is 2.72. The van der Waals surface area contributed by atoms with Crippen LogP contribution in [0.25, 0.3) is 0 Å². The lowest BCUT2D eigenvalue weighted by molar-refractivity contribution is 0.0905. The van der Waals surface area contributed by atoms with Gasteiger partial charge in [0.25, 0.3) is 0 Å². The molecular formula is C14H13FN2O2S. The van der Waals surface area contributed by atoms with Gasteiger partial charge in [-0.3, -0.25) is 9.00 Å². The fourth-order valence-electron chi connectivity index (χ4n) is 3.14. The molecule has 6 heteroatoms. The summed E-state index contributed by atoms with van der Waals surface area (Å²) in [5, 5.41) is 8.85. The Kier molecular flexibility index (Phi) is 3.38. The van der Waals surface area contributed by atoms with Crippen LogP contribution in [0.1, 0.15) is 41.7 Å². The largest absolute Gasteiger partial charge is 0.294 e. The highest BCUT2D eigenvalue weighted by Crippen LogP contribution is 2.39. The number of rotatable bonds is 2. The molecule has 2 atom stereocenters. The number of halogens is 1. The van der Waals surface area contributed by atoms with Gasteiger partial charge in [0.2, 0.25) is 0 Å². The Morgan fingerprint density at radius 1 is 1.40 bits per heavy atom. The van der Waals surface area contributed by atoms with Gasteiger partial charge in [0, 0.05) is 39.0 Å². The standard InChI is InChI=1S/C14H13FN2O2S/c15-12-5-9(7-17-13(12)6-16)14(18)8-3-10-1-2-11(4-8)20(10)19/h5,7-8,10-11H,1-4H2. The Morgan fingerprint density at radius 2 is 2.05 bits per heavy atom. The molecule has 0 aliphatic carbocycles. The van der Waals surface area contributed by atoms with Crippen molar-refractivity contribution in [3.63, 3.8) is 0 Å². The normalized spacial score (nSPS) is 31.8. The molecule has 0 amide bonds. The summed E-state index contributed by atoms with van der Waals surface area (Å²) in [5.41, 5.74) is -0.0926. The number of nitriles is 1. The Hall–Kier alpha value is -1.61. The first-order chi connectivity index (χ1) is 9.60. The molecule has 2 unspecified atom stereocenters. The molecule has 2 aliphatic heterocycles. The Labute approximate surface area is 118 Å². The van der Waals surface area contributed by atoms with Crippen LogP contribution in [0.15, 0.2) is 12.3 Å². The smallest absolute Gasteiger partial charge is 0.176 e. The first-order valence-corrected chi connectivity index (χ1v) is 7.87. The highest BCUT2D eigenvalue weighted by atomic mass is 32.2. The van der Waals surface area contributed by atoms with Crippen LogP contribution in [0.3, 0.4) is 0 Å². The number of hydrogen-bond acceptors (Lipinski definition) is 4. The molecule has 0 spiro atoms. The topological polar surface area (TPSA) is 70.8 Å². The maximum Gasteiger partial charge on any atom is 0.176 e. The highest BCUT2D eigenvalue weighted by molar-refractivity contribution is 7.86. The van der Waals surface area contributed by atoms with Crippen molar-refractivity contribution in [1.82, 2.24) is 4.98 Å². The predicted molar refractivity (Wildman–Crippen MR) is 70.9 cm³/mol. The molecular weight excluding hydrogens is 279 g/mol. The lowest BCUT2D eigenvalue weighted by Crippen LogP contribution is -2.32. The van der Waals surface area contributed by atoms with E-state index < -0.39 is 16.6 Å². The second-order valence-electron chi connectivity index (χ2n) is 5.35. The minimum atomic E-state index is -0.807. The number of ketones is 1. The quantitative estimate of drug-likeness (QED) is 0.781. The van der Waals surface area contributed by atoms with E-state index in [2.05, 4.69) is 4.98 Å². The molecule has 3 rings (SSSR count). The number of carbonyl (C=O) groups excluding carboxylic acids is 1. The fourth-order valence-corrected chi connectivity index (χ4v) is 5.26. The van der Waals surface area contributed by atoms with Crippen molar-refractivity contribution in [2.75, 3.05) is 0 Å². The van der Waals surface area contributed by atoms with Crippen LogP contribution in [0, 0.1) is 23.1 Å². The Morgan fingerprint density at radius 3 is 2.60 bits per heavy atom. The molecule has 2 saturated heterocycles. The summed E-state index contributed by atoms with van der Waals surface area (Å²) < 4.78 is 25.4. The third-order valence-electron chi connectivity index (χ3n) is 4.16. The van der Waals surface area contributed by atoms with Crippen LogP contribution in [0.5, 0.6) is 0 Å². The number of hydrogen-bond donors (Lipinski definition) is 0. The minimum Gasteiger partial charge on any atom is -0.294 e. The fraction of sp³-hybridized carbons (Fsp3) is 0.500. The van der Waals surface area contributed by atoms with E-state index in [4.69, 9.17) is 5.26 Å². The second kappa shape index (κ2) is 5.06. The number of aromatic nitrogens is 1. The van der Waals surface area contributed by atoms with Crippen molar-refractivity contribution in [1.29, 1.82) is 5.26 Å². The van der Waals surface area contributed by atoms with Gasteiger partial charge in [0.1, 0.15) is 6.07 Å². The molecule has 2 fully saturated rings. The monoisotopic (exact) mass is 292 g/mol. The van der Waals surface area contributed by atoms with E-state index in [0.717, 1.165) is 18.9 Å². The van der Waals surface area contributed by atoms with Gasteiger partial charge in [0.15, 0.2) is 17.3 Å². The molecule has 2 bridgehead atoms. The van der Waals surface area contributed by atoms with Crippen LogP contribution in [0.4, 0.5) is 4.39 Å². The predicted octanol–water partition coefficient (Wildman–Crippen LogP) is 1.96. The van der Waals surface area contributed by atoms with Crippen LogP contribution < -0.4 is 0 Å². The van der Waals surface area contributed by atoms with E-state index in [-0.39, 0.29) is 33.5 Å². The lowest BCUT2D eigenvalue weighted by atomic mass is 9.91. The summed E-state index contributed by atoms with van der Waals surface area (Å²) in [5.74, 6) is -1.10. The molecule has 1 aromatic heterocycles. The van der Waals surface area contributed by atoms with E-state index in [9.17, 15) is 13.4 Å². The molecule has 0 saturated carbocycles. The van der Waals surface area contributed by atoms with Crippen molar-refractivity contribution in [2.24, 2.45) is 5.92 Å². The first kappa shape index (κ1) is 13.4. The van der Waals surface area contributed by atoms with Gasteiger partial charge >= 0.3 is 0 Å². The number of pyridine rings is 1. The Bertz CT molecular complexity index is 625. The average Bonchev–Trinajstić information content (AvgIpc) is 2.67. The molecule has 0 aromatic carbocycles. The van der Waals surface area contributed by atoms with Crippen molar-refractivity contribution < 1.29 is 13.4 Å². The van der Waals surface area contributed by atoms with Crippen LogP contribution in [-0.4, -0.2) is 25.5 Å². The van der Waals surface area contributed by atoms with Gasteiger partial charge in [-0.05, 0) is 31.7 Å². The number of nitrogens with zero attached hydrogens (tertiary/aromatic N) is 2. The molecule has 0 radical (unpaired) electrons. The highest BCUT2D eigenvalue weighted by Gasteiger charge is 2.42. The van der Waals surface area contributed by atoms with E-state index in [1.165, 1.54) is 6.20 Å². The summed E-state index contributed by atoms with van der Waals surface area (Å²) in [6.07, 6.45) is 4.33. The molecule has 104 valence electrons. The molecule has 4 nitrogen and oxygen atoms in total. The molecule has 1 aromatic rings. The van der Waals surface area contributed by atoms with E-state index in [1.807, 2.05) is 0 Å². The molecule has 3 heterocycles. The zero-order valence-corrected chi connectivity index (χ0v) is 11.5.